The van der Waals surface area contributed by atoms with E-state index in [2.05, 4.69) is 0 Å². The third kappa shape index (κ3) is 3.51. The van der Waals surface area contributed by atoms with Crippen LogP contribution in [0.15, 0.2) is 54.3 Å². The molecule has 0 amide bonds. The summed E-state index contributed by atoms with van der Waals surface area (Å²) in [6.45, 7) is 0. The molecule has 3 aromatic rings. The molecule has 0 aliphatic carbocycles. The van der Waals surface area contributed by atoms with Crippen molar-refractivity contribution in [3.05, 3.63) is 99.6 Å². The van der Waals surface area contributed by atoms with E-state index in [1.807, 2.05) is 0 Å². The van der Waals surface area contributed by atoms with Crippen LogP contribution in [-0.4, -0.2) is 22.8 Å². The fourth-order valence-electron chi connectivity index (χ4n) is 4.06. The summed E-state index contributed by atoms with van der Waals surface area (Å²) in [5, 5.41) is 9.14. The summed E-state index contributed by atoms with van der Waals surface area (Å²) in [6, 6.07) is 10.2. The molecule has 2 aliphatic rings. The van der Waals surface area contributed by atoms with E-state index in [1.54, 1.807) is 12.1 Å². The molecule has 0 bridgehead atoms. The van der Waals surface area contributed by atoms with Gasteiger partial charge in [0.25, 0.3) is 0 Å². The van der Waals surface area contributed by atoms with Crippen molar-refractivity contribution >= 4 is 23.8 Å². The van der Waals surface area contributed by atoms with Crippen molar-refractivity contribution in [2.24, 2.45) is 0 Å². The monoisotopic (exact) mass is 466 g/mol. The lowest BCUT2D eigenvalue weighted by Gasteiger charge is -2.26. The zero-order valence-corrected chi connectivity index (χ0v) is 17.1. The number of Topliss-reactive ketones (excluding diaryl/α,β-unsaturated/α-hetero) is 1. The van der Waals surface area contributed by atoms with Crippen molar-refractivity contribution in [3.8, 4) is 11.5 Å². The predicted molar refractivity (Wildman–Crippen MR) is 111 cm³/mol. The molecule has 2 heterocycles. The number of aromatic carboxylic acids is 1. The van der Waals surface area contributed by atoms with Crippen LogP contribution in [0.1, 0.15) is 49.7 Å². The van der Waals surface area contributed by atoms with Crippen LogP contribution >= 0.6 is 0 Å². The van der Waals surface area contributed by atoms with Gasteiger partial charge in [-0.1, -0.05) is 12.1 Å². The molecule has 0 saturated heterocycles. The standard InChI is InChI=1S/C25H13F3O6/c26-16-7-11(8-17(27)22(16)28)9-19-23(30)14-5-6-18-21(24(14)34-19)15(10-20(29)33-18)12-1-3-13(4-2-12)25(31)32/h1-9,15H,10H2,(H,31,32)/b19-9-. The van der Waals surface area contributed by atoms with E-state index in [0.29, 0.717) is 11.1 Å². The quantitative estimate of drug-likeness (QED) is 0.257. The number of carbonyl (C=O) groups is 3. The average Bonchev–Trinajstić information content (AvgIpc) is 3.12. The first kappa shape index (κ1) is 21.4. The Kier molecular flexibility index (Phi) is 4.97. The van der Waals surface area contributed by atoms with Gasteiger partial charge in [-0.25, -0.2) is 18.0 Å². The first-order valence-electron chi connectivity index (χ1n) is 10.0. The van der Waals surface area contributed by atoms with Crippen LogP contribution in [0.5, 0.6) is 11.5 Å². The van der Waals surface area contributed by atoms with Crippen LogP contribution < -0.4 is 9.47 Å². The van der Waals surface area contributed by atoms with Crippen molar-refractivity contribution in [2.75, 3.05) is 0 Å². The van der Waals surface area contributed by atoms with Gasteiger partial charge in [-0.2, -0.15) is 0 Å². The number of carbonyl (C=O) groups excluding carboxylic acids is 2. The van der Waals surface area contributed by atoms with Crippen LogP contribution in [-0.2, 0) is 4.79 Å². The second-order valence-corrected chi connectivity index (χ2v) is 7.75. The van der Waals surface area contributed by atoms with Gasteiger partial charge in [0.15, 0.2) is 23.2 Å². The Labute approximate surface area is 189 Å². The summed E-state index contributed by atoms with van der Waals surface area (Å²) >= 11 is 0. The number of allylic oxidation sites excluding steroid dienone is 1. The van der Waals surface area contributed by atoms with Crippen LogP contribution in [0.4, 0.5) is 13.2 Å². The third-order valence-corrected chi connectivity index (χ3v) is 5.64. The molecular formula is C25H13F3O6. The third-order valence-electron chi connectivity index (χ3n) is 5.64. The second kappa shape index (κ2) is 7.87. The predicted octanol–water partition coefficient (Wildman–Crippen LogP) is 4.86. The highest BCUT2D eigenvalue weighted by molar-refractivity contribution is 6.15. The van der Waals surface area contributed by atoms with Gasteiger partial charge < -0.3 is 14.6 Å². The normalized spacial score (nSPS) is 17.7. The minimum atomic E-state index is -1.63. The molecule has 0 aromatic heterocycles. The van der Waals surface area contributed by atoms with E-state index >= 15 is 0 Å². The summed E-state index contributed by atoms with van der Waals surface area (Å²) in [7, 11) is 0. The van der Waals surface area contributed by atoms with E-state index in [1.165, 1.54) is 24.3 Å². The fourth-order valence-corrected chi connectivity index (χ4v) is 4.06. The van der Waals surface area contributed by atoms with Crippen molar-refractivity contribution in [3.63, 3.8) is 0 Å². The maximum atomic E-state index is 13.6. The van der Waals surface area contributed by atoms with Crippen LogP contribution in [0.2, 0.25) is 0 Å². The van der Waals surface area contributed by atoms with Gasteiger partial charge in [0.2, 0.25) is 5.78 Å². The number of hydrogen-bond acceptors (Lipinski definition) is 5. The summed E-state index contributed by atoms with van der Waals surface area (Å²) < 4.78 is 51.6. The number of hydrogen-bond donors (Lipinski definition) is 1. The fraction of sp³-hybridized carbons (Fsp3) is 0.0800. The van der Waals surface area contributed by atoms with Crippen molar-refractivity contribution in [2.45, 2.75) is 12.3 Å². The SMILES string of the molecule is O=C1CC(c2ccc(C(=O)O)cc2)c2c(ccc3c2O/C(=C\c2cc(F)c(F)c(F)c2)C3=O)O1. The Morgan fingerprint density at radius 1 is 0.971 bits per heavy atom. The Morgan fingerprint density at radius 2 is 1.65 bits per heavy atom. The number of ether oxygens (including phenoxy) is 2. The summed E-state index contributed by atoms with van der Waals surface area (Å²) in [4.78, 5) is 36.3. The molecule has 3 aromatic carbocycles. The Hall–Kier alpha value is -4.40. The topological polar surface area (TPSA) is 89.9 Å². The Balaban J connectivity index is 1.59. The summed E-state index contributed by atoms with van der Waals surface area (Å²) in [5.74, 6) is -7.19. The second-order valence-electron chi connectivity index (χ2n) is 7.75. The molecule has 1 N–H and O–H groups in total. The number of benzene rings is 3. The number of carboxylic acid groups (broad SMARTS) is 1. The Bertz CT molecular complexity index is 1400. The van der Waals surface area contributed by atoms with Gasteiger partial charge >= 0.3 is 11.9 Å². The molecular weight excluding hydrogens is 453 g/mol. The van der Waals surface area contributed by atoms with Crippen LogP contribution in [0.25, 0.3) is 6.08 Å². The number of halogens is 3. The van der Waals surface area contributed by atoms with Gasteiger partial charge in [-0.05, 0) is 53.6 Å². The van der Waals surface area contributed by atoms with Gasteiger partial charge in [0.1, 0.15) is 11.5 Å². The molecule has 34 heavy (non-hydrogen) atoms. The van der Waals surface area contributed by atoms with Gasteiger partial charge in [-0.3, -0.25) is 9.59 Å². The lowest BCUT2D eigenvalue weighted by Crippen LogP contribution is -2.21. The van der Waals surface area contributed by atoms with E-state index in [0.717, 1.165) is 18.2 Å². The molecule has 0 radical (unpaired) electrons. The van der Waals surface area contributed by atoms with Gasteiger partial charge in [0, 0.05) is 11.5 Å². The largest absolute Gasteiger partial charge is 0.478 e. The van der Waals surface area contributed by atoms with Crippen molar-refractivity contribution < 1.29 is 42.1 Å². The number of carboxylic acids is 1. The smallest absolute Gasteiger partial charge is 0.335 e. The highest BCUT2D eigenvalue weighted by Crippen LogP contribution is 2.49. The molecule has 6 nitrogen and oxygen atoms in total. The first-order valence-corrected chi connectivity index (χ1v) is 10.0. The van der Waals surface area contributed by atoms with Crippen molar-refractivity contribution in [1.82, 2.24) is 0 Å². The summed E-state index contributed by atoms with van der Waals surface area (Å²) in [5.41, 5.74) is 1.11. The highest BCUT2D eigenvalue weighted by Gasteiger charge is 2.38. The molecule has 0 fully saturated rings. The van der Waals surface area contributed by atoms with E-state index in [9.17, 15) is 27.6 Å². The van der Waals surface area contributed by atoms with Crippen LogP contribution in [0.3, 0.4) is 0 Å². The minimum absolute atomic E-state index is 0.0658. The lowest BCUT2D eigenvalue weighted by molar-refractivity contribution is -0.135. The average molecular weight is 466 g/mol. The first-order chi connectivity index (χ1) is 16.2. The number of fused-ring (bicyclic) bond motifs is 3. The van der Waals surface area contributed by atoms with E-state index in [-0.39, 0.29) is 40.4 Å². The zero-order valence-electron chi connectivity index (χ0n) is 17.1. The maximum Gasteiger partial charge on any atom is 0.335 e. The zero-order chi connectivity index (χ0) is 24.1. The molecule has 9 heteroatoms. The molecule has 170 valence electrons. The minimum Gasteiger partial charge on any atom is -0.478 e. The molecule has 1 unspecified atom stereocenters. The van der Waals surface area contributed by atoms with Crippen LogP contribution in [0, 0.1) is 17.5 Å². The number of ketones is 1. The van der Waals surface area contributed by atoms with Gasteiger partial charge in [-0.15, -0.1) is 0 Å². The van der Waals surface area contributed by atoms with Crippen molar-refractivity contribution in [1.29, 1.82) is 0 Å². The molecule has 0 saturated carbocycles. The van der Waals surface area contributed by atoms with Gasteiger partial charge in [0.05, 0.1) is 17.5 Å². The molecule has 2 aliphatic heterocycles. The van der Waals surface area contributed by atoms with E-state index in [4.69, 9.17) is 14.6 Å². The molecule has 0 spiro atoms. The lowest BCUT2D eigenvalue weighted by atomic mass is 9.84. The molecule has 5 rings (SSSR count). The summed E-state index contributed by atoms with van der Waals surface area (Å²) in [6.07, 6.45) is 1.01. The number of rotatable bonds is 3. The highest BCUT2D eigenvalue weighted by atomic mass is 19.2. The van der Waals surface area contributed by atoms with E-state index < -0.39 is 41.1 Å². The maximum absolute atomic E-state index is 13.6. The number of esters is 1. The Morgan fingerprint density at radius 3 is 2.29 bits per heavy atom. The molecule has 1 atom stereocenters.